The number of sulfonamides is 1. The lowest BCUT2D eigenvalue weighted by molar-refractivity contribution is -0.140. The molecule has 4 rings (SSSR count). The molecule has 0 aromatic heterocycles. The monoisotopic (exact) mass is 635 g/mol. The molecule has 2 amide bonds. The van der Waals surface area contributed by atoms with Gasteiger partial charge < -0.3 is 10.2 Å². The Bertz CT molecular complexity index is 1660. The number of nitrogens with zero attached hydrogens (tertiary/aromatic N) is 2. The van der Waals surface area contributed by atoms with Crippen LogP contribution in [-0.2, 0) is 32.6 Å². The third kappa shape index (κ3) is 8.45. The summed E-state index contributed by atoms with van der Waals surface area (Å²) in [6, 6.07) is 27.8. The molecule has 1 N–H and O–H groups in total. The van der Waals surface area contributed by atoms with Crippen LogP contribution in [0.1, 0.15) is 31.4 Å². The molecule has 0 saturated carbocycles. The minimum absolute atomic E-state index is 0.00401. The molecule has 0 aliphatic rings. The van der Waals surface area contributed by atoms with Crippen molar-refractivity contribution in [3.8, 4) is 0 Å². The molecule has 0 unspecified atom stereocenters. The Hall–Kier alpha value is -4.21. The van der Waals surface area contributed by atoms with E-state index >= 15 is 0 Å². The van der Waals surface area contributed by atoms with Gasteiger partial charge in [0.25, 0.3) is 10.0 Å². The summed E-state index contributed by atoms with van der Waals surface area (Å²) in [4.78, 5) is 29.4. The SMILES string of the molecule is CC[C@@H](C)NC(=O)[C@@H](Cc1ccccc1)N(Cc1cccc(Cl)c1)C(=O)CN(c1ccccc1)S(=O)(=O)c1ccc(F)cc1. The van der Waals surface area contributed by atoms with Crippen LogP contribution in [0.25, 0.3) is 0 Å². The van der Waals surface area contributed by atoms with Gasteiger partial charge in [-0.25, -0.2) is 12.8 Å². The molecule has 2 atom stereocenters. The number of benzene rings is 4. The van der Waals surface area contributed by atoms with Crippen LogP contribution < -0.4 is 9.62 Å². The molecule has 7 nitrogen and oxygen atoms in total. The molecular formula is C34H35ClFN3O4S. The maximum absolute atomic E-state index is 14.4. The van der Waals surface area contributed by atoms with E-state index in [-0.39, 0.29) is 35.5 Å². The van der Waals surface area contributed by atoms with E-state index in [9.17, 15) is 22.4 Å². The van der Waals surface area contributed by atoms with Crippen LogP contribution >= 0.6 is 11.6 Å². The lowest BCUT2D eigenvalue weighted by atomic mass is 10.0. The summed E-state index contributed by atoms with van der Waals surface area (Å²) in [5.74, 6) is -1.54. The van der Waals surface area contributed by atoms with Gasteiger partial charge in [-0.15, -0.1) is 0 Å². The highest BCUT2D eigenvalue weighted by atomic mass is 35.5. The number of amides is 2. The Morgan fingerprint density at radius 1 is 0.864 bits per heavy atom. The molecule has 0 aliphatic heterocycles. The van der Waals surface area contributed by atoms with E-state index in [1.165, 1.54) is 4.90 Å². The third-order valence-corrected chi connectivity index (χ3v) is 9.26. The number of nitrogens with one attached hydrogen (secondary N) is 1. The number of carbonyl (C=O) groups excluding carboxylic acids is 2. The Labute approximate surface area is 263 Å². The second-order valence-corrected chi connectivity index (χ2v) is 12.8. The highest BCUT2D eigenvalue weighted by Crippen LogP contribution is 2.25. The van der Waals surface area contributed by atoms with E-state index in [1.54, 1.807) is 54.6 Å². The molecule has 0 spiro atoms. The van der Waals surface area contributed by atoms with Crippen molar-refractivity contribution >= 4 is 39.1 Å². The van der Waals surface area contributed by atoms with Gasteiger partial charge in [-0.2, -0.15) is 0 Å². The number of halogens is 2. The van der Waals surface area contributed by atoms with Crippen molar-refractivity contribution in [2.75, 3.05) is 10.8 Å². The standard InChI is InChI=1S/C34H35ClFN3O4S/c1-3-25(2)37-34(41)32(22-26-11-6-4-7-12-26)38(23-27-13-10-14-28(35)21-27)33(40)24-39(30-15-8-5-9-16-30)44(42,43)31-19-17-29(36)18-20-31/h4-21,25,32H,3,22-24H2,1-2H3,(H,37,41)/t25-,32-/m1/s1. The number of anilines is 1. The van der Waals surface area contributed by atoms with Gasteiger partial charge in [0, 0.05) is 24.0 Å². The zero-order valence-corrected chi connectivity index (χ0v) is 26.1. The van der Waals surface area contributed by atoms with Crippen molar-refractivity contribution in [3.63, 3.8) is 0 Å². The number of hydrogen-bond donors (Lipinski definition) is 1. The molecule has 0 radical (unpaired) electrons. The minimum Gasteiger partial charge on any atom is -0.352 e. The molecule has 0 aliphatic carbocycles. The second-order valence-electron chi connectivity index (χ2n) is 10.5. The van der Waals surface area contributed by atoms with E-state index in [0.29, 0.717) is 17.0 Å². The fraction of sp³-hybridized carbons (Fsp3) is 0.235. The molecule has 44 heavy (non-hydrogen) atoms. The number of para-hydroxylation sites is 1. The summed E-state index contributed by atoms with van der Waals surface area (Å²) < 4.78 is 42.5. The van der Waals surface area contributed by atoms with Gasteiger partial charge in [0.15, 0.2) is 0 Å². The van der Waals surface area contributed by atoms with E-state index in [0.717, 1.165) is 34.1 Å². The predicted octanol–water partition coefficient (Wildman–Crippen LogP) is 6.23. The summed E-state index contributed by atoms with van der Waals surface area (Å²) in [5, 5.41) is 3.46. The topological polar surface area (TPSA) is 86.8 Å². The van der Waals surface area contributed by atoms with E-state index < -0.39 is 34.3 Å². The van der Waals surface area contributed by atoms with Crippen molar-refractivity contribution < 1.29 is 22.4 Å². The van der Waals surface area contributed by atoms with E-state index in [2.05, 4.69) is 5.32 Å². The summed E-state index contributed by atoms with van der Waals surface area (Å²) in [6.45, 7) is 3.23. The Morgan fingerprint density at radius 3 is 2.09 bits per heavy atom. The molecule has 0 saturated heterocycles. The molecular weight excluding hydrogens is 601 g/mol. The Morgan fingerprint density at radius 2 is 1.48 bits per heavy atom. The summed E-state index contributed by atoms with van der Waals surface area (Å²) >= 11 is 6.27. The smallest absolute Gasteiger partial charge is 0.264 e. The van der Waals surface area contributed by atoms with Gasteiger partial charge in [-0.3, -0.25) is 13.9 Å². The summed E-state index contributed by atoms with van der Waals surface area (Å²) in [6.07, 6.45) is 0.884. The van der Waals surface area contributed by atoms with Crippen molar-refractivity contribution in [1.82, 2.24) is 10.2 Å². The highest BCUT2D eigenvalue weighted by Gasteiger charge is 2.35. The third-order valence-electron chi connectivity index (χ3n) is 7.24. The normalized spacial score (nSPS) is 12.6. The number of rotatable bonds is 13. The van der Waals surface area contributed by atoms with Crippen LogP contribution in [0, 0.1) is 5.82 Å². The lowest BCUT2D eigenvalue weighted by Gasteiger charge is -2.34. The van der Waals surface area contributed by atoms with Gasteiger partial charge in [-0.1, -0.05) is 79.2 Å². The largest absolute Gasteiger partial charge is 0.352 e. The van der Waals surface area contributed by atoms with Gasteiger partial charge in [0.2, 0.25) is 11.8 Å². The Kier molecular flexibility index (Phi) is 11.1. The average Bonchev–Trinajstić information content (AvgIpc) is 3.02. The first-order valence-electron chi connectivity index (χ1n) is 14.3. The zero-order chi connectivity index (χ0) is 31.7. The van der Waals surface area contributed by atoms with Crippen LogP contribution in [0.2, 0.25) is 5.02 Å². The van der Waals surface area contributed by atoms with Crippen molar-refractivity contribution in [2.24, 2.45) is 0 Å². The highest BCUT2D eigenvalue weighted by molar-refractivity contribution is 7.92. The first kappa shape index (κ1) is 32.7. The van der Waals surface area contributed by atoms with Crippen LogP contribution in [0.5, 0.6) is 0 Å². The van der Waals surface area contributed by atoms with Crippen molar-refractivity contribution in [1.29, 1.82) is 0 Å². The zero-order valence-electron chi connectivity index (χ0n) is 24.6. The van der Waals surface area contributed by atoms with Gasteiger partial charge in [0.05, 0.1) is 10.6 Å². The lowest BCUT2D eigenvalue weighted by Crippen LogP contribution is -2.54. The molecule has 4 aromatic rings. The predicted molar refractivity (Wildman–Crippen MR) is 171 cm³/mol. The Balaban J connectivity index is 1.79. The summed E-state index contributed by atoms with van der Waals surface area (Å²) in [5.41, 5.74) is 1.75. The second kappa shape index (κ2) is 15.0. The molecule has 230 valence electrons. The van der Waals surface area contributed by atoms with Gasteiger partial charge in [0.1, 0.15) is 18.4 Å². The first-order valence-corrected chi connectivity index (χ1v) is 16.1. The minimum atomic E-state index is -4.31. The molecule has 10 heteroatoms. The fourth-order valence-electron chi connectivity index (χ4n) is 4.68. The van der Waals surface area contributed by atoms with E-state index in [4.69, 9.17) is 11.6 Å². The number of carbonyl (C=O) groups is 2. The molecule has 0 fully saturated rings. The maximum Gasteiger partial charge on any atom is 0.264 e. The maximum atomic E-state index is 14.4. The van der Waals surface area contributed by atoms with Crippen LogP contribution in [0.4, 0.5) is 10.1 Å². The van der Waals surface area contributed by atoms with Crippen LogP contribution in [0.15, 0.2) is 114 Å². The molecule has 0 heterocycles. The van der Waals surface area contributed by atoms with Crippen LogP contribution in [0.3, 0.4) is 0 Å². The fourth-order valence-corrected chi connectivity index (χ4v) is 6.31. The molecule has 4 aromatic carbocycles. The molecule has 0 bridgehead atoms. The first-order chi connectivity index (χ1) is 21.1. The van der Waals surface area contributed by atoms with E-state index in [1.807, 2.05) is 44.2 Å². The van der Waals surface area contributed by atoms with Crippen molar-refractivity contribution in [3.05, 3.63) is 131 Å². The quantitative estimate of drug-likeness (QED) is 0.189. The van der Waals surface area contributed by atoms with Crippen LogP contribution in [-0.4, -0.2) is 43.8 Å². The van der Waals surface area contributed by atoms with Gasteiger partial charge >= 0.3 is 0 Å². The van der Waals surface area contributed by atoms with Gasteiger partial charge in [-0.05, 0) is 73.0 Å². The average molecular weight is 636 g/mol. The number of hydrogen-bond acceptors (Lipinski definition) is 4. The van der Waals surface area contributed by atoms with Crippen molar-refractivity contribution in [2.45, 2.75) is 50.2 Å². The summed E-state index contributed by atoms with van der Waals surface area (Å²) in [7, 11) is -4.31.